The van der Waals surface area contributed by atoms with Crippen LogP contribution in [0.15, 0.2) is 53.0 Å². The molecule has 0 aliphatic heterocycles. The topological polar surface area (TPSA) is 12.9 Å². The molecule has 0 amide bonds. The maximum Gasteiger partial charge on any atom is 0.139 e. The second kappa shape index (κ2) is 5.12. The smallest absolute Gasteiger partial charge is 0.139 e. The van der Waals surface area contributed by atoms with Crippen LogP contribution < -0.4 is 0 Å². The van der Waals surface area contributed by atoms with E-state index in [-0.39, 0.29) is 0 Å². The first-order chi connectivity index (χ1) is 9.18. The molecule has 1 nitrogen and oxygen atoms in total. The first kappa shape index (κ1) is 12.9. The summed E-state index contributed by atoms with van der Waals surface area (Å²) in [6.45, 7) is 0. The van der Waals surface area contributed by atoms with Gasteiger partial charge in [0.2, 0.25) is 0 Å². The summed E-state index contributed by atoms with van der Waals surface area (Å²) < 4.78 is 0.913. The van der Waals surface area contributed by atoms with Crippen LogP contribution in [0, 0.1) is 0 Å². The van der Waals surface area contributed by atoms with Crippen LogP contribution in [-0.4, -0.2) is 4.98 Å². The van der Waals surface area contributed by atoms with Crippen molar-refractivity contribution in [3.8, 4) is 11.1 Å². The number of rotatable bonds is 1. The van der Waals surface area contributed by atoms with Gasteiger partial charge in [0.25, 0.3) is 0 Å². The first-order valence-corrected chi connectivity index (χ1v) is 7.22. The van der Waals surface area contributed by atoms with Crippen molar-refractivity contribution >= 4 is 50.0 Å². The monoisotopic (exact) mass is 351 g/mol. The van der Waals surface area contributed by atoms with E-state index < -0.39 is 0 Å². The van der Waals surface area contributed by atoms with Gasteiger partial charge < -0.3 is 0 Å². The van der Waals surface area contributed by atoms with Crippen LogP contribution in [0.5, 0.6) is 0 Å². The lowest BCUT2D eigenvalue weighted by atomic mass is 10.1. The molecule has 0 unspecified atom stereocenters. The van der Waals surface area contributed by atoms with Gasteiger partial charge in [0.1, 0.15) is 5.15 Å². The predicted molar refractivity (Wildman–Crippen MR) is 84.9 cm³/mol. The van der Waals surface area contributed by atoms with Crippen molar-refractivity contribution < 1.29 is 0 Å². The van der Waals surface area contributed by atoms with E-state index in [1.54, 1.807) is 0 Å². The number of aromatic nitrogens is 1. The van der Waals surface area contributed by atoms with Crippen LogP contribution in [0.4, 0.5) is 0 Å². The second-order valence-electron chi connectivity index (χ2n) is 4.09. The lowest BCUT2D eigenvalue weighted by Crippen LogP contribution is -1.89. The third-order valence-corrected chi connectivity index (χ3v) is 4.23. The largest absolute Gasteiger partial charge is 0.235 e. The standard InChI is InChI=1S/C15H8BrCl2N/c16-10-7-4-8-11-13(10)14(17)12(15(18)19-11)9-5-2-1-3-6-9/h1-8H. The van der Waals surface area contributed by atoms with Crippen molar-refractivity contribution in [2.45, 2.75) is 0 Å². The first-order valence-electron chi connectivity index (χ1n) is 5.67. The van der Waals surface area contributed by atoms with Crippen molar-refractivity contribution in [3.63, 3.8) is 0 Å². The molecular weight excluding hydrogens is 345 g/mol. The molecular formula is C15H8BrCl2N. The van der Waals surface area contributed by atoms with E-state index in [1.165, 1.54) is 0 Å². The third-order valence-electron chi connectivity index (χ3n) is 2.92. The quantitative estimate of drug-likeness (QED) is 0.491. The number of hydrogen-bond donors (Lipinski definition) is 0. The highest BCUT2D eigenvalue weighted by Crippen LogP contribution is 2.40. The molecule has 94 valence electrons. The van der Waals surface area contributed by atoms with Crippen molar-refractivity contribution in [2.24, 2.45) is 0 Å². The molecule has 3 aromatic rings. The normalized spacial score (nSPS) is 10.9. The molecule has 0 saturated carbocycles. The van der Waals surface area contributed by atoms with Gasteiger partial charge in [-0.15, -0.1) is 0 Å². The van der Waals surface area contributed by atoms with E-state index in [0.717, 1.165) is 26.5 Å². The summed E-state index contributed by atoms with van der Waals surface area (Å²) >= 11 is 16.3. The predicted octanol–water partition coefficient (Wildman–Crippen LogP) is 5.97. The van der Waals surface area contributed by atoms with Gasteiger partial charge in [-0.25, -0.2) is 4.98 Å². The van der Waals surface area contributed by atoms with Crippen LogP contribution in [0.1, 0.15) is 0 Å². The van der Waals surface area contributed by atoms with E-state index in [9.17, 15) is 0 Å². The van der Waals surface area contributed by atoms with Gasteiger partial charge in [0.05, 0.1) is 10.5 Å². The van der Waals surface area contributed by atoms with E-state index in [2.05, 4.69) is 20.9 Å². The summed E-state index contributed by atoms with van der Waals surface area (Å²) in [6.07, 6.45) is 0. The zero-order valence-electron chi connectivity index (χ0n) is 9.70. The Morgan fingerprint density at radius 2 is 1.63 bits per heavy atom. The van der Waals surface area contributed by atoms with Gasteiger partial charge in [0.15, 0.2) is 0 Å². The molecule has 4 heteroatoms. The van der Waals surface area contributed by atoms with E-state index in [1.807, 2.05) is 48.5 Å². The van der Waals surface area contributed by atoms with Crippen molar-refractivity contribution in [3.05, 3.63) is 63.2 Å². The molecule has 2 aromatic carbocycles. The maximum atomic E-state index is 6.53. The minimum Gasteiger partial charge on any atom is -0.235 e. The Hall–Kier alpha value is -1.09. The Morgan fingerprint density at radius 1 is 0.895 bits per heavy atom. The van der Waals surface area contributed by atoms with Gasteiger partial charge >= 0.3 is 0 Å². The number of fused-ring (bicyclic) bond motifs is 1. The van der Waals surface area contributed by atoms with Gasteiger partial charge in [-0.3, -0.25) is 0 Å². The van der Waals surface area contributed by atoms with Crippen molar-refractivity contribution in [2.75, 3.05) is 0 Å². The molecule has 0 aliphatic carbocycles. The second-order valence-corrected chi connectivity index (χ2v) is 5.68. The molecule has 0 aliphatic rings. The summed E-state index contributed by atoms with van der Waals surface area (Å²) in [6, 6.07) is 15.5. The highest BCUT2D eigenvalue weighted by molar-refractivity contribution is 9.10. The summed E-state index contributed by atoms with van der Waals surface area (Å²) in [5.74, 6) is 0. The lowest BCUT2D eigenvalue weighted by Gasteiger charge is -2.11. The van der Waals surface area contributed by atoms with Crippen LogP contribution in [0.25, 0.3) is 22.0 Å². The molecule has 0 saturated heterocycles. The highest BCUT2D eigenvalue weighted by atomic mass is 79.9. The molecule has 0 radical (unpaired) electrons. The molecule has 0 fully saturated rings. The fraction of sp³-hybridized carbons (Fsp3) is 0. The Bertz CT molecular complexity index is 757. The number of nitrogens with zero attached hydrogens (tertiary/aromatic N) is 1. The summed E-state index contributed by atoms with van der Waals surface area (Å²) in [7, 11) is 0. The molecule has 1 heterocycles. The Morgan fingerprint density at radius 3 is 2.37 bits per heavy atom. The Labute approximate surface area is 129 Å². The van der Waals surface area contributed by atoms with E-state index >= 15 is 0 Å². The molecule has 0 bridgehead atoms. The number of hydrogen-bond acceptors (Lipinski definition) is 1. The Kier molecular flexibility index (Phi) is 3.48. The molecule has 0 N–H and O–H groups in total. The molecule has 19 heavy (non-hydrogen) atoms. The van der Waals surface area contributed by atoms with Gasteiger partial charge in [-0.1, -0.05) is 75.5 Å². The summed E-state index contributed by atoms with van der Waals surface area (Å²) in [5.41, 5.74) is 2.51. The average Bonchev–Trinajstić information content (AvgIpc) is 2.39. The van der Waals surface area contributed by atoms with Gasteiger partial charge in [0, 0.05) is 15.4 Å². The van der Waals surface area contributed by atoms with E-state index in [4.69, 9.17) is 23.2 Å². The number of benzene rings is 2. The van der Waals surface area contributed by atoms with Crippen molar-refractivity contribution in [1.82, 2.24) is 4.98 Å². The molecule has 0 atom stereocenters. The number of pyridine rings is 1. The summed E-state index contributed by atoms with van der Waals surface area (Å²) in [5, 5.41) is 1.92. The minimum absolute atomic E-state index is 0.418. The van der Waals surface area contributed by atoms with Gasteiger partial charge in [-0.2, -0.15) is 0 Å². The average molecular weight is 353 g/mol. The maximum absolute atomic E-state index is 6.53. The lowest BCUT2D eigenvalue weighted by molar-refractivity contribution is 1.40. The third kappa shape index (κ3) is 2.25. The molecule has 3 rings (SSSR count). The van der Waals surface area contributed by atoms with Crippen LogP contribution >= 0.6 is 39.1 Å². The zero-order valence-corrected chi connectivity index (χ0v) is 12.8. The fourth-order valence-electron chi connectivity index (χ4n) is 2.05. The molecule has 1 aromatic heterocycles. The van der Waals surface area contributed by atoms with Crippen molar-refractivity contribution in [1.29, 1.82) is 0 Å². The van der Waals surface area contributed by atoms with E-state index in [0.29, 0.717) is 10.2 Å². The minimum atomic E-state index is 0.418. The number of halogens is 3. The van der Waals surface area contributed by atoms with Crippen LogP contribution in [-0.2, 0) is 0 Å². The molecule has 0 spiro atoms. The van der Waals surface area contributed by atoms with Crippen LogP contribution in [0.2, 0.25) is 10.2 Å². The SMILES string of the molecule is Clc1nc2cccc(Br)c2c(Cl)c1-c1ccccc1. The zero-order chi connectivity index (χ0) is 13.4. The summed E-state index contributed by atoms with van der Waals surface area (Å²) in [4.78, 5) is 4.42. The van der Waals surface area contributed by atoms with Gasteiger partial charge in [-0.05, 0) is 17.7 Å². The van der Waals surface area contributed by atoms with Crippen LogP contribution in [0.3, 0.4) is 0 Å². The Balaban J connectivity index is 2.41. The fourth-order valence-corrected chi connectivity index (χ4v) is 3.46. The highest BCUT2D eigenvalue weighted by Gasteiger charge is 2.15.